The molecule has 4 amide bonds. The lowest BCUT2D eigenvalue weighted by molar-refractivity contribution is -0.147. The number of likely N-dealkylation sites (tertiary alicyclic amines) is 1. The van der Waals surface area contributed by atoms with Crippen LogP contribution in [0.5, 0.6) is 0 Å². The van der Waals surface area contributed by atoms with Crippen molar-refractivity contribution in [1.82, 2.24) is 15.1 Å². The fraction of sp³-hybridized carbons (Fsp3) is 0.593. The normalized spacial score (nSPS) is 27.1. The maximum atomic E-state index is 13.9. The molecule has 1 spiro atoms. The molecule has 10 heteroatoms. The summed E-state index contributed by atoms with van der Waals surface area (Å²) in [4.78, 5) is 55.2. The van der Waals surface area contributed by atoms with Crippen molar-refractivity contribution in [2.24, 2.45) is 5.92 Å². The third-order valence-corrected chi connectivity index (χ3v) is 7.84. The molecule has 0 aromatic heterocycles. The summed E-state index contributed by atoms with van der Waals surface area (Å²) in [6, 6.07) is 7.63. The van der Waals surface area contributed by atoms with Gasteiger partial charge in [-0.1, -0.05) is 32.0 Å². The van der Waals surface area contributed by atoms with Gasteiger partial charge < -0.3 is 25.5 Å². The monoisotopic (exact) mass is 509 g/mol. The fourth-order valence-electron chi connectivity index (χ4n) is 5.85. The number of aliphatic hydroxyl groups excluding tert-OH is 1. The van der Waals surface area contributed by atoms with Gasteiger partial charge in [0, 0.05) is 31.7 Å². The summed E-state index contributed by atoms with van der Waals surface area (Å²) >= 11 is 0. The van der Waals surface area contributed by atoms with Crippen LogP contribution in [0.2, 0.25) is 0 Å². The van der Waals surface area contributed by atoms with Gasteiger partial charge in [0.1, 0.15) is 18.5 Å². The number of nitriles is 1. The minimum Gasteiger partial charge on any atom is -0.393 e. The molecular formula is C27H35N5O5. The summed E-state index contributed by atoms with van der Waals surface area (Å²) in [6.07, 6.45) is 1.42. The highest BCUT2D eigenvalue weighted by Crippen LogP contribution is 2.46. The first kappa shape index (κ1) is 26.6. The van der Waals surface area contributed by atoms with Gasteiger partial charge in [-0.3, -0.25) is 19.2 Å². The predicted molar refractivity (Wildman–Crippen MR) is 135 cm³/mol. The minimum absolute atomic E-state index is 0.0496. The largest absolute Gasteiger partial charge is 0.393 e. The zero-order chi connectivity index (χ0) is 26.9. The molecule has 10 nitrogen and oxygen atoms in total. The molecular weight excluding hydrogens is 474 g/mol. The number of anilines is 1. The van der Waals surface area contributed by atoms with Crippen LogP contribution in [0.15, 0.2) is 24.3 Å². The van der Waals surface area contributed by atoms with Gasteiger partial charge in [-0.05, 0) is 43.2 Å². The van der Waals surface area contributed by atoms with Crippen molar-refractivity contribution < 1.29 is 24.3 Å². The molecule has 0 radical (unpaired) electrons. The summed E-state index contributed by atoms with van der Waals surface area (Å²) in [6.45, 7) is 3.92. The minimum atomic E-state index is -1.01. The quantitative estimate of drug-likeness (QED) is 0.473. The predicted octanol–water partition coefficient (Wildman–Crippen LogP) is 1.29. The van der Waals surface area contributed by atoms with Crippen LogP contribution in [0, 0.1) is 17.2 Å². The Morgan fingerprint density at radius 3 is 2.68 bits per heavy atom. The van der Waals surface area contributed by atoms with E-state index in [9.17, 15) is 29.5 Å². The van der Waals surface area contributed by atoms with E-state index in [2.05, 4.69) is 16.7 Å². The highest BCUT2D eigenvalue weighted by Gasteiger charge is 2.56. The number of amides is 4. The van der Waals surface area contributed by atoms with E-state index in [1.165, 1.54) is 16.8 Å². The molecule has 1 aliphatic carbocycles. The smallest absolute Gasteiger partial charge is 0.246 e. The maximum absolute atomic E-state index is 13.9. The van der Waals surface area contributed by atoms with Gasteiger partial charge in [-0.2, -0.15) is 5.26 Å². The van der Waals surface area contributed by atoms with Crippen LogP contribution in [0.3, 0.4) is 0 Å². The van der Waals surface area contributed by atoms with Crippen LogP contribution in [-0.4, -0.2) is 76.4 Å². The van der Waals surface area contributed by atoms with Crippen LogP contribution in [0.4, 0.5) is 5.69 Å². The third kappa shape index (κ3) is 5.18. The summed E-state index contributed by atoms with van der Waals surface area (Å²) in [5, 5.41) is 25.3. The van der Waals surface area contributed by atoms with Gasteiger partial charge in [-0.25, -0.2) is 0 Å². The average Bonchev–Trinajstić information content (AvgIpc) is 3.52. The standard InChI is InChI=1S/C27H35N5O5/c1-16(2)10-22(31(3)24(35)12-23(34)29-17-8-9-19(33)11-17)25(36)32-15-27(13-18(32)14-28)20-6-4-5-7-21(20)30-26(27)37/h4-7,16-19,22,33H,8-13,15H2,1-3H3,(H,29,34)(H,30,37)/t17-,18+,19+,22+,27+/m1/s1. The summed E-state index contributed by atoms with van der Waals surface area (Å²) in [5.74, 6) is -1.51. The fourth-order valence-corrected chi connectivity index (χ4v) is 5.85. The molecule has 0 unspecified atom stereocenters. The molecule has 1 aromatic rings. The first-order valence-electron chi connectivity index (χ1n) is 12.9. The molecule has 3 aliphatic rings. The zero-order valence-electron chi connectivity index (χ0n) is 21.6. The molecule has 2 aliphatic heterocycles. The van der Waals surface area contributed by atoms with E-state index < -0.39 is 47.7 Å². The van der Waals surface area contributed by atoms with Crippen LogP contribution in [0.25, 0.3) is 0 Å². The lowest BCUT2D eigenvalue weighted by Gasteiger charge is -2.33. The molecule has 2 fully saturated rings. The first-order valence-corrected chi connectivity index (χ1v) is 12.9. The van der Waals surface area contributed by atoms with E-state index >= 15 is 0 Å². The van der Waals surface area contributed by atoms with E-state index in [1.807, 2.05) is 32.0 Å². The number of nitrogens with zero attached hydrogens (tertiary/aromatic N) is 3. The van der Waals surface area contributed by atoms with Crippen LogP contribution >= 0.6 is 0 Å². The SMILES string of the molecule is CC(C)C[C@@H](C(=O)N1C[C@]2(C[C@H]1C#N)C(=O)Nc1ccccc12)N(C)C(=O)CC(=O)N[C@@H]1CC[C@H](O)C1. The van der Waals surface area contributed by atoms with Gasteiger partial charge in [0.2, 0.25) is 23.6 Å². The van der Waals surface area contributed by atoms with Gasteiger partial charge in [0.15, 0.2) is 0 Å². The Hall–Kier alpha value is -3.45. The molecule has 37 heavy (non-hydrogen) atoms. The Labute approximate surface area is 217 Å². The number of likely N-dealkylation sites (N-methyl/N-ethyl adjacent to an activating group) is 1. The molecule has 2 heterocycles. The number of nitrogens with one attached hydrogen (secondary N) is 2. The Bertz CT molecular complexity index is 1130. The van der Waals surface area contributed by atoms with Crippen LogP contribution in [-0.2, 0) is 24.6 Å². The number of hydrogen-bond donors (Lipinski definition) is 3. The van der Waals surface area contributed by atoms with Crippen molar-refractivity contribution in [3.8, 4) is 6.07 Å². The van der Waals surface area contributed by atoms with E-state index in [0.29, 0.717) is 31.4 Å². The van der Waals surface area contributed by atoms with E-state index in [-0.39, 0.29) is 30.8 Å². The van der Waals surface area contributed by atoms with Crippen molar-refractivity contribution in [2.45, 2.75) is 82.0 Å². The van der Waals surface area contributed by atoms with Crippen molar-refractivity contribution >= 4 is 29.3 Å². The number of aliphatic hydroxyl groups is 1. The molecule has 4 rings (SSSR count). The number of hydrogen-bond acceptors (Lipinski definition) is 6. The topological polar surface area (TPSA) is 143 Å². The summed E-state index contributed by atoms with van der Waals surface area (Å²) in [5.41, 5.74) is 0.447. The first-order chi connectivity index (χ1) is 17.6. The molecule has 1 saturated carbocycles. The maximum Gasteiger partial charge on any atom is 0.246 e. The number of carbonyl (C=O) groups is 4. The van der Waals surface area contributed by atoms with E-state index in [4.69, 9.17) is 0 Å². The molecule has 1 aromatic carbocycles. The molecule has 5 atom stereocenters. The van der Waals surface area contributed by atoms with Crippen LogP contribution in [0.1, 0.15) is 57.9 Å². The number of benzene rings is 1. The average molecular weight is 510 g/mol. The third-order valence-electron chi connectivity index (χ3n) is 7.84. The van der Waals surface area contributed by atoms with Gasteiger partial charge in [0.25, 0.3) is 0 Å². The Morgan fingerprint density at radius 1 is 1.30 bits per heavy atom. The number of fused-ring (bicyclic) bond motifs is 2. The second-order valence-corrected chi connectivity index (χ2v) is 11.0. The summed E-state index contributed by atoms with van der Waals surface area (Å²) in [7, 11) is 1.50. The lowest BCUT2D eigenvalue weighted by Crippen LogP contribution is -2.52. The van der Waals surface area contributed by atoms with Gasteiger partial charge in [0.05, 0.1) is 17.6 Å². The van der Waals surface area contributed by atoms with Crippen molar-refractivity contribution in [3.05, 3.63) is 29.8 Å². The number of para-hydroxylation sites is 1. The summed E-state index contributed by atoms with van der Waals surface area (Å²) < 4.78 is 0. The molecule has 3 N–H and O–H groups in total. The highest BCUT2D eigenvalue weighted by molar-refractivity contribution is 6.07. The van der Waals surface area contributed by atoms with Gasteiger partial charge >= 0.3 is 0 Å². The number of rotatable bonds is 7. The van der Waals surface area contributed by atoms with Crippen molar-refractivity contribution in [2.75, 3.05) is 18.9 Å². The Kier molecular flexibility index (Phi) is 7.55. The van der Waals surface area contributed by atoms with Crippen molar-refractivity contribution in [3.63, 3.8) is 0 Å². The van der Waals surface area contributed by atoms with E-state index in [0.717, 1.165) is 5.56 Å². The Morgan fingerprint density at radius 2 is 2.03 bits per heavy atom. The Balaban J connectivity index is 1.51. The lowest BCUT2D eigenvalue weighted by atomic mass is 9.80. The zero-order valence-corrected chi connectivity index (χ0v) is 21.6. The van der Waals surface area contributed by atoms with Gasteiger partial charge in [-0.15, -0.1) is 0 Å². The highest BCUT2D eigenvalue weighted by atomic mass is 16.3. The van der Waals surface area contributed by atoms with Crippen molar-refractivity contribution in [1.29, 1.82) is 5.26 Å². The molecule has 1 saturated heterocycles. The molecule has 198 valence electrons. The molecule has 0 bridgehead atoms. The number of carbonyl (C=O) groups excluding carboxylic acids is 4. The van der Waals surface area contributed by atoms with E-state index in [1.54, 1.807) is 6.07 Å². The second kappa shape index (κ2) is 10.5. The second-order valence-electron chi connectivity index (χ2n) is 11.0. The van der Waals surface area contributed by atoms with Crippen LogP contribution < -0.4 is 10.6 Å².